The van der Waals surface area contributed by atoms with Crippen LogP contribution in [0.25, 0.3) is 33.4 Å². The lowest BCUT2D eigenvalue weighted by molar-refractivity contribution is 0.0986. The van der Waals surface area contributed by atoms with Gasteiger partial charge in [-0.2, -0.15) is 5.10 Å². The Balaban J connectivity index is 1.81. The summed E-state index contributed by atoms with van der Waals surface area (Å²) in [6, 6.07) is 14.9. The number of fused-ring (bicyclic) bond motifs is 1. The van der Waals surface area contributed by atoms with E-state index in [1.165, 1.54) is 5.56 Å². The van der Waals surface area contributed by atoms with Gasteiger partial charge >= 0.3 is 0 Å². The molecule has 4 heterocycles. The number of pyridine rings is 2. The first-order valence-corrected chi connectivity index (χ1v) is 10.5. The van der Waals surface area contributed by atoms with Crippen LogP contribution >= 0.6 is 0 Å². The zero-order chi connectivity index (χ0) is 21.4. The van der Waals surface area contributed by atoms with E-state index in [0.717, 1.165) is 45.9 Å². The minimum atomic E-state index is 0.253. The lowest BCUT2D eigenvalue weighted by Gasteiger charge is -2.35. The van der Waals surface area contributed by atoms with E-state index in [-0.39, 0.29) is 6.04 Å². The van der Waals surface area contributed by atoms with Gasteiger partial charge in [0.05, 0.1) is 24.9 Å². The van der Waals surface area contributed by atoms with Crippen molar-refractivity contribution in [1.29, 1.82) is 0 Å². The van der Waals surface area contributed by atoms with E-state index in [0.29, 0.717) is 13.2 Å². The van der Waals surface area contributed by atoms with Crippen molar-refractivity contribution in [2.75, 3.05) is 43.7 Å². The van der Waals surface area contributed by atoms with Crippen LogP contribution in [0, 0.1) is 0 Å². The Labute approximate surface area is 181 Å². The zero-order valence-corrected chi connectivity index (χ0v) is 18.0. The van der Waals surface area contributed by atoms with E-state index >= 15 is 0 Å². The van der Waals surface area contributed by atoms with Gasteiger partial charge in [0, 0.05) is 49.7 Å². The molecule has 3 aromatic heterocycles. The van der Waals surface area contributed by atoms with E-state index in [4.69, 9.17) is 9.72 Å². The van der Waals surface area contributed by atoms with Crippen LogP contribution in [0.4, 0.5) is 11.5 Å². The molecule has 0 aliphatic carbocycles. The molecular formula is C24H26N6O. The zero-order valence-electron chi connectivity index (χ0n) is 18.0. The van der Waals surface area contributed by atoms with Crippen LogP contribution in [0.15, 0.2) is 54.9 Å². The summed E-state index contributed by atoms with van der Waals surface area (Å²) < 4.78 is 5.67. The molecule has 0 spiro atoms. The summed E-state index contributed by atoms with van der Waals surface area (Å²) >= 11 is 0. The number of para-hydroxylation sites is 1. The monoisotopic (exact) mass is 414 g/mol. The van der Waals surface area contributed by atoms with Crippen LogP contribution in [0.2, 0.25) is 0 Å². The molecule has 1 aromatic carbocycles. The third kappa shape index (κ3) is 3.51. The van der Waals surface area contributed by atoms with Gasteiger partial charge in [-0.25, -0.2) is 4.98 Å². The molecule has 1 N–H and O–H groups in total. The number of anilines is 2. The molecule has 1 unspecified atom stereocenters. The van der Waals surface area contributed by atoms with Crippen LogP contribution in [0.3, 0.4) is 0 Å². The molecule has 4 aromatic rings. The summed E-state index contributed by atoms with van der Waals surface area (Å²) in [5.74, 6) is 0.945. The fourth-order valence-corrected chi connectivity index (χ4v) is 4.25. The maximum absolute atomic E-state index is 5.67. The highest BCUT2D eigenvalue weighted by molar-refractivity contribution is 6.03. The summed E-state index contributed by atoms with van der Waals surface area (Å²) in [7, 11) is 4.15. The highest BCUT2D eigenvalue weighted by Gasteiger charge is 2.23. The second-order valence-electron chi connectivity index (χ2n) is 8.08. The molecule has 158 valence electrons. The van der Waals surface area contributed by atoms with E-state index in [9.17, 15) is 0 Å². The Morgan fingerprint density at radius 3 is 2.74 bits per heavy atom. The van der Waals surface area contributed by atoms with Crippen LogP contribution in [-0.2, 0) is 4.74 Å². The van der Waals surface area contributed by atoms with Gasteiger partial charge in [0.15, 0.2) is 0 Å². The SMILES string of the molecule is CC1COCCN1c1cc(-c2ccccc2N(C)C)c2ccnc(-c3ccn[nH]3)c2n1. The number of benzene rings is 1. The van der Waals surface area contributed by atoms with Crippen LogP contribution in [0.1, 0.15) is 6.92 Å². The number of morpholine rings is 1. The van der Waals surface area contributed by atoms with Gasteiger partial charge in [-0.3, -0.25) is 10.1 Å². The fourth-order valence-electron chi connectivity index (χ4n) is 4.25. The Kier molecular flexibility index (Phi) is 5.03. The van der Waals surface area contributed by atoms with Crippen molar-refractivity contribution in [2.24, 2.45) is 0 Å². The van der Waals surface area contributed by atoms with Crippen molar-refractivity contribution >= 4 is 22.4 Å². The third-order valence-electron chi connectivity index (χ3n) is 5.81. The largest absolute Gasteiger partial charge is 0.377 e. The summed E-state index contributed by atoms with van der Waals surface area (Å²) in [5, 5.41) is 8.24. The minimum Gasteiger partial charge on any atom is -0.377 e. The van der Waals surface area contributed by atoms with Gasteiger partial charge in [0.25, 0.3) is 0 Å². The predicted molar refractivity (Wildman–Crippen MR) is 125 cm³/mol. The number of rotatable bonds is 4. The number of hydrogen-bond donors (Lipinski definition) is 1. The standard InChI is InChI=1S/C24H26N6O/c1-16-15-31-13-12-30(16)22-14-19(17-6-4-5-7-21(17)29(2)3)18-8-10-25-24(23(18)27-22)20-9-11-26-28-20/h4-11,14,16H,12-13,15H2,1-3H3,(H,26,28). The van der Waals surface area contributed by atoms with Crippen LogP contribution in [0.5, 0.6) is 0 Å². The van der Waals surface area contributed by atoms with Gasteiger partial charge < -0.3 is 14.5 Å². The van der Waals surface area contributed by atoms with Gasteiger partial charge in [-0.05, 0) is 36.8 Å². The molecule has 1 aliphatic heterocycles. The highest BCUT2D eigenvalue weighted by Crippen LogP contribution is 2.39. The number of ether oxygens (including phenoxy) is 1. The molecule has 1 fully saturated rings. The van der Waals surface area contributed by atoms with Crippen molar-refractivity contribution in [3.05, 3.63) is 54.9 Å². The molecular weight excluding hydrogens is 388 g/mol. The molecule has 0 radical (unpaired) electrons. The first-order chi connectivity index (χ1) is 15.1. The molecule has 1 atom stereocenters. The molecule has 0 amide bonds. The van der Waals surface area contributed by atoms with Crippen molar-refractivity contribution in [3.63, 3.8) is 0 Å². The van der Waals surface area contributed by atoms with Crippen LogP contribution < -0.4 is 9.80 Å². The Morgan fingerprint density at radius 1 is 1.10 bits per heavy atom. The van der Waals surface area contributed by atoms with Crippen LogP contribution in [-0.4, -0.2) is 60.1 Å². The quantitative estimate of drug-likeness (QED) is 0.545. The van der Waals surface area contributed by atoms with Gasteiger partial charge in [0.2, 0.25) is 0 Å². The lowest BCUT2D eigenvalue weighted by atomic mass is 9.98. The smallest absolute Gasteiger partial charge is 0.130 e. The number of nitrogens with zero attached hydrogens (tertiary/aromatic N) is 5. The van der Waals surface area contributed by atoms with Crippen molar-refractivity contribution < 1.29 is 4.74 Å². The molecule has 7 heteroatoms. The Bertz CT molecular complexity index is 1200. The van der Waals surface area contributed by atoms with E-state index in [1.54, 1.807) is 6.20 Å². The predicted octanol–water partition coefficient (Wildman–Crippen LogP) is 3.98. The number of aromatic amines is 1. The summed E-state index contributed by atoms with van der Waals surface area (Å²) in [6.07, 6.45) is 3.59. The Hall–Kier alpha value is -3.45. The number of nitrogens with one attached hydrogen (secondary N) is 1. The molecule has 5 rings (SSSR count). The average molecular weight is 415 g/mol. The summed E-state index contributed by atoms with van der Waals surface area (Å²) in [5.41, 5.74) is 6.01. The van der Waals surface area contributed by atoms with Gasteiger partial charge in [-0.15, -0.1) is 0 Å². The average Bonchev–Trinajstić information content (AvgIpc) is 3.33. The van der Waals surface area contributed by atoms with E-state index < -0.39 is 0 Å². The third-order valence-corrected chi connectivity index (χ3v) is 5.81. The lowest BCUT2D eigenvalue weighted by Crippen LogP contribution is -2.44. The first-order valence-electron chi connectivity index (χ1n) is 10.5. The van der Waals surface area contributed by atoms with E-state index in [1.807, 2.05) is 12.3 Å². The molecule has 0 bridgehead atoms. The summed E-state index contributed by atoms with van der Waals surface area (Å²) in [6.45, 7) is 4.39. The number of H-pyrrole nitrogens is 1. The fraction of sp³-hybridized carbons (Fsp3) is 0.292. The molecule has 7 nitrogen and oxygen atoms in total. The van der Waals surface area contributed by atoms with Gasteiger partial charge in [-0.1, -0.05) is 18.2 Å². The van der Waals surface area contributed by atoms with Crippen molar-refractivity contribution in [1.82, 2.24) is 20.2 Å². The second-order valence-corrected chi connectivity index (χ2v) is 8.08. The highest BCUT2D eigenvalue weighted by atomic mass is 16.5. The first kappa shape index (κ1) is 19.5. The van der Waals surface area contributed by atoms with E-state index in [2.05, 4.69) is 82.4 Å². The number of hydrogen-bond acceptors (Lipinski definition) is 6. The molecule has 0 saturated carbocycles. The summed E-state index contributed by atoms with van der Waals surface area (Å²) in [4.78, 5) is 14.2. The molecule has 1 aliphatic rings. The topological polar surface area (TPSA) is 70.2 Å². The maximum atomic E-state index is 5.67. The van der Waals surface area contributed by atoms with Gasteiger partial charge in [0.1, 0.15) is 17.0 Å². The second kappa shape index (κ2) is 8.00. The van der Waals surface area contributed by atoms with Crippen molar-refractivity contribution in [2.45, 2.75) is 13.0 Å². The Morgan fingerprint density at radius 2 is 1.97 bits per heavy atom. The normalized spacial score (nSPS) is 16.6. The van der Waals surface area contributed by atoms with Crippen molar-refractivity contribution in [3.8, 4) is 22.5 Å². The minimum absolute atomic E-state index is 0.253. The molecule has 1 saturated heterocycles. The maximum Gasteiger partial charge on any atom is 0.130 e. The molecule has 31 heavy (non-hydrogen) atoms. The number of aromatic nitrogens is 4.